The molecule has 1 saturated heterocycles. The highest BCUT2D eigenvalue weighted by Gasteiger charge is 2.30. The van der Waals surface area contributed by atoms with Gasteiger partial charge in [0.2, 0.25) is 0 Å². The number of aryl methyl sites for hydroxylation is 1. The first-order valence-corrected chi connectivity index (χ1v) is 10.00. The van der Waals surface area contributed by atoms with Crippen LogP contribution in [0, 0.1) is 12.8 Å². The smallest absolute Gasteiger partial charge is 0.378 e. The van der Waals surface area contributed by atoms with Crippen molar-refractivity contribution < 1.29 is 17.9 Å². The maximum absolute atomic E-state index is 12.6. The molecule has 1 nitrogen and oxygen atoms in total. The lowest BCUT2D eigenvalue weighted by Crippen LogP contribution is -2.07. The summed E-state index contributed by atoms with van der Waals surface area (Å²) >= 11 is 0. The lowest BCUT2D eigenvalue weighted by molar-refractivity contribution is -0.137. The van der Waals surface area contributed by atoms with Gasteiger partial charge in [0.15, 0.2) is 0 Å². The second-order valence-corrected chi connectivity index (χ2v) is 7.40. The van der Waals surface area contributed by atoms with E-state index >= 15 is 0 Å². The molecule has 2 aromatic carbocycles. The van der Waals surface area contributed by atoms with Crippen LogP contribution in [0.25, 0.3) is 11.1 Å². The van der Waals surface area contributed by atoms with Crippen molar-refractivity contribution in [3.63, 3.8) is 0 Å². The molecule has 30 heavy (non-hydrogen) atoms. The van der Waals surface area contributed by atoms with Gasteiger partial charge in [-0.25, -0.2) is 0 Å². The molecule has 0 saturated carbocycles. The van der Waals surface area contributed by atoms with Gasteiger partial charge in [0, 0.05) is 12.5 Å². The van der Waals surface area contributed by atoms with Gasteiger partial charge in [0.1, 0.15) is 0 Å². The Morgan fingerprint density at radius 1 is 1.07 bits per heavy atom. The van der Waals surface area contributed by atoms with Gasteiger partial charge in [-0.15, -0.1) is 6.58 Å². The summed E-state index contributed by atoms with van der Waals surface area (Å²) in [6, 6.07) is 13.1. The molecule has 0 N–H and O–H groups in total. The Morgan fingerprint density at radius 2 is 1.70 bits per heavy atom. The van der Waals surface area contributed by atoms with Gasteiger partial charge < -0.3 is 4.74 Å². The lowest BCUT2D eigenvalue weighted by atomic mass is 9.93. The molecule has 3 rings (SSSR count). The molecule has 1 aliphatic heterocycles. The summed E-state index contributed by atoms with van der Waals surface area (Å²) in [5.74, 6) is 0.606. The van der Waals surface area contributed by atoms with Crippen LogP contribution in [0.4, 0.5) is 13.2 Å². The molecule has 2 unspecified atom stereocenters. The van der Waals surface area contributed by atoms with Gasteiger partial charge in [-0.3, -0.25) is 0 Å². The van der Waals surface area contributed by atoms with Gasteiger partial charge in [-0.1, -0.05) is 55.1 Å². The van der Waals surface area contributed by atoms with Crippen molar-refractivity contribution in [3.8, 4) is 0 Å². The van der Waals surface area contributed by atoms with Crippen LogP contribution in [-0.2, 0) is 10.9 Å². The van der Waals surface area contributed by atoms with Crippen molar-refractivity contribution in [1.82, 2.24) is 0 Å². The Hall–Kier alpha value is -2.59. The molecule has 1 heterocycles. The van der Waals surface area contributed by atoms with Gasteiger partial charge in [-0.2, -0.15) is 13.2 Å². The molecule has 160 valence electrons. The van der Waals surface area contributed by atoms with E-state index in [2.05, 4.69) is 20.1 Å². The topological polar surface area (TPSA) is 9.23 Å². The predicted molar refractivity (Wildman–Crippen MR) is 119 cm³/mol. The minimum atomic E-state index is -4.32. The number of rotatable bonds is 4. The summed E-state index contributed by atoms with van der Waals surface area (Å²) in [6.45, 7) is 14.5. The molecule has 2 aromatic rings. The van der Waals surface area contributed by atoms with Crippen LogP contribution in [-0.4, -0.2) is 12.7 Å². The fourth-order valence-electron chi connectivity index (χ4n) is 3.52. The van der Waals surface area contributed by atoms with Crippen LogP contribution < -0.4 is 0 Å². The highest BCUT2D eigenvalue weighted by atomic mass is 19.4. The third-order valence-corrected chi connectivity index (χ3v) is 5.42. The summed E-state index contributed by atoms with van der Waals surface area (Å²) in [7, 11) is 0. The molecule has 0 spiro atoms. The fourth-order valence-corrected chi connectivity index (χ4v) is 3.52. The van der Waals surface area contributed by atoms with E-state index in [1.54, 1.807) is 6.08 Å². The van der Waals surface area contributed by atoms with Crippen LogP contribution in [0.1, 0.15) is 42.5 Å². The summed E-state index contributed by atoms with van der Waals surface area (Å²) in [5.41, 5.74) is 4.09. The maximum Gasteiger partial charge on any atom is 0.416 e. The summed E-state index contributed by atoms with van der Waals surface area (Å²) in [6.07, 6.45) is 0.918. The third kappa shape index (κ3) is 5.96. The summed E-state index contributed by atoms with van der Waals surface area (Å²) < 4.78 is 43.2. The molecule has 0 bridgehead atoms. The van der Waals surface area contributed by atoms with Crippen LogP contribution >= 0.6 is 0 Å². The van der Waals surface area contributed by atoms with Crippen LogP contribution in [0.15, 0.2) is 73.8 Å². The normalized spacial score (nSPS) is 19.4. The summed E-state index contributed by atoms with van der Waals surface area (Å²) in [5, 5.41) is 0. The Morgan fingerprint density at radius 3 is 2.13 bits per heavy atom. The quantitative estimate of drug-likeness (QED) is 0.283. The molecule has 0 aromatic heterocycles. The van der Waals surface area contributed by atoms with Crippen molar-refractivity contribution in [1.29, 1.82) is 0 Å². The maximum atomic E-state index is 12.6. The molecular weight excluding hydrogens is 385 g/mol. The first kappa shape index (κ1) is 23.7. The van der Waals surface area contributed by atoms with Gasteiger partial charge in [0.25, 0.3) is 0 Å². The van der Waals surface area contributed by atoms with Gasteiger partial charge >= 0.3 is 6.18 Å². The van der Waals surface area contributed by atoms with Crippen LogP contribution in [0.3, 0.4) is 0 Å². The Balaban J connectivity index is 0.000000335. The molecule has 2 atom stereocenters. The monoisotopic (exact) mass is 414 g/mol. The van der Waals surface area contributed by atoms with E-state index in [1.807, 2.05) is 44.2 Å². The number of hydrogen-bond acceptors (Lipinski definition) is 1. The molecule has 1 fully saturated rings. The zero-order valence-corrected chi connectivity index (χ0v) is 17.8. The molecule has 4 heteroatoms. The largest absolute Gasteiger partial charge is 0.416 e. The summed E-state index contributed by atoms with van der Waals surface area (Å²) in [4.78, 5) is 0. The highest BCUT2D eigenvalue weighted by Crippen LogP contribution is 2.32. The van der Waals surface area contributed by atoms with Crippen molar-refractivity contribution in [2.24, 2.45) is 5.92 Å². The molecule has 0 radical (unpaired) electrons. The average Bonchev–Trinajstić information content (AvgIpc) is 3.14. The zero-order chi connectivity index (χ0) is 22.3. The van der Waals surface area contributed by atoms with Crippen molar-refractivity contribution in [2.75, 3.05) is 6.61 Å². The van der Waals surface area contributed by atoms with E-state index in [9.17, 15) is 13.2 Å². The minimum absolute atomic E-state index is 0.410. The first-order chi connectivity index (χ1) is 14.2. The lowest BCUT2D eigenvalue weighted by Gasteiger charge is -2.13. The van der Waals surface area contributed by atoms with Crippen LogP contribution in [0.5, 0.6) is 0 Å². The van der Waals surface area contributed by atoms with Crippen molar-refractivity contribution >= 4 is 11.1 Å². The van der Waals surface area contributed by atoms with E-state index in [0.717, 1.165) is 53.0 Å². The van der Waals surface area contributed by atoms with Gasteiger partial charge in [0.05, 0.1) is 11.7 Å². The van der Waals surface area contributed by atoms with Crippen molar-refractivity contribution in [3.05, 3.63) is 96.1 Å². The first-order valence-electron chi connectivity index (χ1n) is 10.00. The molecule has 0 aliphatic carbocycles. The zero-order valence-electron chi connectivity index (χ0n) is 17.8. The Kier molecular flexibility index (Phi) is 8.24. The minimum Gasteiger partial charge on any atom is -0.378 e. The molecular formula is C26H29F3O. The SMILES string of the molecule is C=C/C(=C(/C)c1ccccc1C)c1ccc(C(F)(F)F)cc1.C=CC1CCOC1C. The van der Waals surface area contributed by atoms with Crippen molar-refractivity contribution in [2.45, 2.75) is 39.5 Å². The number of hydrogen-bond donors (Lipinski definition) is 0. The number of allylic oxidation sites excluding steroid dienone is 3. The number of alkyl halides is 3. The Labute approximate surface area is 177 Å². The van der Waals surface area contributed by atoms with E-state index in [-0.39, 0.29) is 0 Å². The number of benzene rings is 2. The average molecular weight is 415 g/mol. The Bertz CT molecular complexity index is 891. The predicted octanol–water partition coefficient (Wildman–Crippen LogP) is 7.73. The van der Waals surface area contributed by atoms with E-state index < -0.39 is 11.7 Å². The standard InChI is InChI=1S/C19H17F3.C7H12O/c1-4-17(14(3)18-8-6-5-7-13(18)2)15-9-11-16(12-10-15)19(20,21)22;1-3-7-4-5-8-6(7)2/h4-12H,1H2,2-3H3;3,6-7H,1,4-5H2,2H3/b17-14+;. The number of halogens is 3. The van der Waals surface area contributed by atoms with E-state index in [1.165, 1.54) is 12.1 Å². The molecule has 0 amide bonds. The number of ether oxygens (including phenoxy) is 1. The van der Waals surface area contributed by atoms with E-state index in [4.69, 9.17) is 4.74 Å². The van der Waals surface area contributed by atoms with E-state index in [0.29, 0.717) is 12.0 Å². The van der Waals surface area contributed by atoms with Gasteiger partial charge in [-0.05, 0) is 67.2 Å². The second kappa shape index (κ2) is 10.4. The highest BCUT2D eigenvalue weighted by molar-refractivity contribution is 5.95. The second-order valence-electron chi connectivity index (χ2n) is 7.40. The molecule has 1 aliphatic rings. The fraction of sp³-hybridized carbons (Fsp3) is 0.308. The third-order valence-electron chi connectivity index (χ3n) is 5.42. The van der Waals surface area contributed by atoms with Crippen LogP contribution in [0.2, 0.25) is 0 Å².